The van der Waals surface area contributed by atoms with Gasteiger partial charge in [-0.25, -0.2) is 0 Å². The molecule has 86 valence electrons. The Kier molecular flexibility index (Phi) is 3.15. The SMILES string of the molecule is NC(=S)N/N=C/c1ccnc2c(O)cccc12. The third-order valence-corrected chi connectivity index (χ3v) is 2.25. The van der Waals surface area contributed by atoms with Gasteiger partial charge >= 0.3 is 0 Å². The first-order valence-electron chi connectivity index (χ1n) is 4.83. The second kappa shape index (κ2) is 4.75. The summed E-state index contributed by atoms with van der Waals surface area (Å²) in [6.07, 6.45) is 3.17. The van der Waals surface area contributed by atoms with E-state index in [4.69, 9.17) is 5.73 Å². The Balaban J connectivity index is 2.44. The molecule has 1 aromatic heterocycles. The second-order valence-electron chi connectivity index (χ2n) is 3.31. The molecule has 0 aliphatic rings. The van der Waals surface area contributed by atoms with Crippen molar-refractivity contribution in [3.8, 4) is 5.75 Å². The fourth-order valence-corrected chi connectivity index (χ4v) is 1.51. The van der Waals surface area contributed by atoms with Crippen LogP contribution in [-0.2, 0) is 0 Å². The van der Waals surface area contributed by atoms with Crippen LogP contribution in [0, 0.1) is 0 Å². The van der Waals surface area contributed by atoms with Crippen molar-refractivity contribution in [2.45, 2.75) is 0 Å². The van der Waals surface area contributed by atoms with Crippen LogP contribution in [0.5, 0.6) is 5.75 Å². The predicted molar refractivity (Wildman–Crippen MR) is 70.9 cm³/mol. The molecule has 0 saturated carbocycles. The van der Waals surface area contributed by atoms with Crippen molar-refractivity contribution in [2.24, 2.45) is 10.8 Å². The first-order chi connectivity index (χ1) is 8.18. The zero-order chi connectivity index (χ0) is 12.3. The molecule has 0 aliphatic carbocycles. The van der Waals surface area contributed by atoms with E-state index in [0.717, 1.165) is 10.9 Å². The van der Waals surface area contributed by atoms with Gasteiger partial charge in [-0.15, -0.1) is 0 Å². The molecule has 1 heterocycles. The molecule has 0 spiro atoms. The highest BCUT2D eigenvalue weighted by Gasteiger charge is 2.03. The molecule has 17 heavy (non-hydrogen) atoms. The highest BCUT2D eigenvalue weighted by Crippen LogP contribution is 2.23. The Morgan fingerprint density at radius 1 is 1.47 bits per heavy atom. The molecule has 0 fully saturated rings. The maximum Gasteiger partial charge on any atom is 0.184 e. The number of rotatable bonds is 2. The van der Waals surface area contributed by atoms with Crippen molar-refractivity contribution in [2.75, 3.05) is 0 Å². The molecule has 6 heteroatoms. The third-order valence-electron chi connectivity index (χ3n) is 2.16. The van der Waals surface area contributed by atoms with Gasteiger partial charge in [0.05, 0.1) is 6.21 Å². The van der Waals surface area contributed by atoms with Crippen LogP contribution in [0.1, 0.15) is 5.56 Å². The highest BCUT2D eigenvalue weighted by atomic mass is 32.1. The highest BCUT2D eigenvalue weighted by molar-refractivity contribution is 7.80. The number of aromatic nitrogens is 1. The average molecular weight is 246 g/mol. The van der Waals surface area contributed by atoms with Crippen LogP contribution in [0.15, 0.2) is 35.6 Å². The lowest BCUT2D eigenvalue weighted by atomic mass is 10.1. The van der Waals surface area contributed by atoms with Gasteiger partial charge in [-0.1, -0.05) is 12.1 Å². The van der Waals surface area contributed by atoms with Crippen LogP contribution in [0.2, 0.25) is 0 Å². The van der Waals surface area contributed by atoms with Crippen molar-refractivity contribution in [1.29, 1.82) is 0 Å². The molecule has 0 bridgehead atoms. The van der Waals surface area contributed by atoms with Crippen molar-refractivity contribution in [3.63, 3.8) is 0 Å². The van der Waals surface area contributed by atoms with E-state index in [1.54, 1.807) is 30.6 Å². The number of nitrogens with zero attached hydrogens (tertiary/aromatic N) is 2. The fraction of sp³-hybridized carbons (Fsp3) is 0. The molecule has 5 nitrogen and oxygen atoms in total. The van der Waals surface area contributed by atoms with Gasteiger partial charge in [0.2, 0.25) is 0 Å². The largest absolute Gasteiger partial charge is 0.506 e. The van der Waals surface area contributed by atoms with Gasteiger partial charge in [-0.05, 0) is 24.4 Å². The van der Waals surface area contributed by atoms with Crippen LogP contribution in [0.4, 0.5) is 0 Å². The number of benzene rings is 1. The quantitative estimate of drug-likeness (QED) is 0.420. The van der Waals surface area contributed by atoms with E-state index in [9.17, 15) is 5.11 Å². The lowest BCUT2D eigenvalue weighted by molar-refractivity contribution is 0.480. The first kappa shape index (κ1) is 11.3. The summed E-state index contributed by atoms with van der Waals surface area (Å²) in [5, 5.41) is 14.4. The van der Waals surface area contributed by atoms with Gasteiger partial charge in [-0.3, -0.25) is 10.4 Å². The summed E-state index contributed by atoms with van der Waals surface area (Å²) < 4.78 is 0. The first-order valence-corrected chi connectivity index (χ1v) is 5.24. The van der Waals surface area contributed by atoms with Crippen molar-refractivity contribution >= 4 is 34.4 Å². The number of nitrogens with two attached hydrogens (primary N) is 1. The zero-order valence-electron chi connectivity index (χ0n) is 8.79. The summed E-state index contributed by atoms with van der Waals surface area (Å²) in [6.45, 7) is 0. The molecule has 0 amide bonds. The predicted octanol–water partition coefficient (Wildman–Crippen LogP) is 1.11. The smallest absolute Gasteiger partial charge is 0.184 e. The lowest BCUT2D eigenvalue weighted by Crippen LogP contribution is -2.24. The summed E-state index contributed by atoms with van der Waals surface area (Å²) in [5.41, 5.74) is 9.07. The number of phenolic OH excluding ortho intramolecular Hbond substituents is 1. The van der Waals surface area contributed by atoms with Gasteiger partial charge in [0.25, 0.3) is 0 Å². The summed E-state index contributed by atoms with van der Waals surface area (Å²) in [6, 6.07) is 6.97. The van der Waals surface area contributed by atoms with Crippen LogP contribution in [-0.4, -0.2) is 21.4 Å². The molecule has 4 N–H and O–H groups in total. The van der Waals surface area contributed by atoms with Gasteiger partial charge in [0.15, 0.2) is 5.11 Å². The number of hydrogen-bond acceptors (Lipinski definition) is 4. The molecule has 0 radical (unpaired) electrons. The molecular formula is C11H10N4OS. The Hall–Kier alpha value is -2.21. The Labute approximate surface area is 103 Å². The van der Waals surface area contributed by atoms with Crippen LogP contribution < -0.4 is 11.2 Å². The average Bonchev–Trinajstić information content (AvgIpc) is 2.30. The molecule has 1 aromatic carbocycles. The minimum absolute atomic E-state index is 0.0995. The maximum absolute atomic E-state index is 9.65. The number of hydrazone groups is 1. The van der Waals surface area contributed by atoms with E-state index in [0.29, 0.717) is 5.52 Å². The molecule has 0 unspecified atom stereocenters. The van der Waals surface area contributed by atoms with E-state index in [-0.39, 0.29) is 10.9 Å². The summed E-state index contributed by atoms with van der Waals surface area (Å²) in [5.74, 6) is 0.139. The molecular weight excluding hydrogens is 236 g/mol. The number of hydrogen-bond donors (Lipinski definition) is 3. The Morgan fingerprint density at radius 2 is 2.29 bits per heavy atom. The number of nitrogens with one attached hydrogen (secondary N) is 1. The van der Waals surface area contributed by atoms with Gasteiger partial charge < -0.3 is 10.8 Å². The minimum atomic E-state index is 0.0995. The zero-order valence-corrected chi connectivity index (χ0v) is 9.61. The number of pyridine rings is 1. The van der Waals surface area contributed by atoms with Crippen LogP contribution in [0.25, 0.3) is 10.9 Å². The lowest BCUT2D eigenvalue weighted by Gasteiger charge is -2.02. The van der Waals surface area contributed by atoms with Crippen molar-refractivity contribution < 1.29 is 5.11 Å². The second-order valence-corrected chi connectivity index (χ2v) is 3.75. The van der Waals surface area contributed by atoms with Gasteiger partial charge in [0.1, 0.15) is 11.3 Å². The Morgan fingerprint density at radius 3 is 3.06 bits per heavy atom. The normalized spacial score (nSPS) is 10.8. The van der Waals surface area contributed by atoms with E-state index >= 15 is 0 Å². The van der Waals surface area contributed by atoms with Gasteiger partial charge in [0, 0.05) is 17.1 Å². The van der Waals surface area contributed by atoms with E-state index in [1.807, 2.05) is 6.07 Å². The number of fused-ring (bicyclic) bond motifs is 1. The monoisotopic (exact) mass is 246 g/mol. The third kappa shape index (κ3) is 2.48. The minimum Gasteiger partial charge on any atom is -0.506 e. The maximum atomic E-state index is 9.65. The molecule has 2 rings (SSSR count). The summed E-state index contributed by atoms with van der Waals surface area (Å²) in [4.78, 5) is 4.10. The topological polar surface area (TPSA) is 83.5 Å². The number of aromatic hydroxyl groups is 1. The Bertz CT molecular complexity index is 597. The van der Waals surface area contributed by atoms with Crippen LogP contribution >= 0.6 is 12.2 Å². The van der Waals surface area contributed by atoms with Crippen LogP contribution in [0.3, 0.4) is 0 Å². The van der Waals surface area contributed by atoms with Crippen molar-refractivity contribution in [1.82, 2.24) is 10.4 Å². The van der Waals surface area contributed by atoms with Gasteiger partial charge in [-0.2, -0.15) is 5.10 Å². The van der Waals surface area contributed by atoms with Crippen molar-refractivity contribution in [3.05, 3.63) is 36.0 Å². The molecule has 0 saturated heterocycles. The van der Waals surface area contributed by atoms with E-state index in [1.165, 1.54) is 0 Å². The number of thiocarbonyl (C=S) groups is 1. The fourth-order valence-electron chi connectivity index (χ4n) is 1.46. The molecule has 0 atom stereocenters. The van der Waals surface area contributed by atoms with E-state index in [2.05, 4.69) is 27.7 Å². The standard InChI is InChI=1S/C11H10N4OS/c12-11(17)15-14-6-7-4-5-13-10-8(7)2-1-3-9(10)16/h1-6,16H,(H3,12,15,17)/b14-6+. The number of para-hydroxylation sites is 1. The number of phenols is 1. The summed E-state index contributed by atoms with van der Waals surface area (Å²) >= 11 is 4.63. The molecule has 2 aromatic rings. The molecule has 0 aliphatic heterocycles. The summed E-state index contributed by atoms with van der Waals surface area (Å²) in [7, 11) is 0. The van der Waals surface area contributed by atoms with E-state index < -0.39 is 0 Å².